The first-order valence-electron chi connectivity index (χ1n) is 3.52. The Morgan fingerprint density at radius 2 is 2.38 bits per heavy atom. The minimum Gasteiger partial charge on any atom is -0.350 e. The van der Waals surface area contributed by atoms with Gasteiger partial charge in [-0.2, -0.15) is 5.10 Å². The third-order valence-electron chi connectivity index (χ3n) is 1.24. The highest BCUT2D eigenvalue weighted by Gasteiger charge is 1.90. The molecule has 0 aliphatic heterocycles. The summed E-state index contributed by atoms with van der Waals surface area (Å²) in [6.45, 7) is 0. The maximum Gasteiger partial charge on any atom is 0.332 e. The summed E-state index contributed by atoms with van der Waals surface area (Å²) in [5.74, 6) is -0.358. The molecule has 0 spiro atoms. The van der Waals surface area contributed by atoms with Gasteiger partial charge in [-0.25, -0.2) is 14.6 Å². The number of carbonyl (C=O) groups excluding carboxylic acids is 1. The average molecular weight is 181 g/mol. The lowest BCUT2D eigenvalue weighted by Gasteiger charge is -1.93. The monoisotopic (exact) mass is 181 g/mol. The topological polar surface area (TPSA) is 67.5 Å². The molecule has 1 aromatic carbocycles. The van der Waals surface area contributed by atoms with E-state index in [4.69, 9.17) is 5.73 Å². The van der Waals surface area contributed by atoms with Crippen molar-refractivity contribution >= 4 is 12.2 Å². The van der Waals surface area contributed by atoms with Gasteiger partial charge < -0.3 is 5.73 Å². The second-order valence-electron chi connectivity index (χ2n) is 2.29. The lowest BCUT2D eigenvalue weighted by molar-refractivity contribution is 0.249. The zero-order chi connectivity index (χ0) is 9.68. The molecule has 0 aromatic heterocycles. The molecule has 2 amide bonds. The first-order chi connectivity index (χ1) is 6.18. The van der Waals surface area contributed by atoms with E-state index in [0.717, 1.165) is 0 Å². The van der Waals surface area contributed by atoms with E-state index in [9.17, 15) is 9.18 Å². The number of nitrogens with two attached hydrogens (primary N) is 1. The van der Waals surface area contributed by atoms with Crippen LogP contribution in [0.25, 0.3) is 0 Å². The van der Waals surface area contributed by atoms with Crippen LogP contribution in [0.5, 0.6) is 0 Å². The highest BCUT2D eigenvalue weighted by atomic mass is 19.1. The lowest BCUT2D eigenvalue weighted by Crippen LogP contribution is -2.24. The van der Waals surface area contributed by atoms with Gasteiger partial charge in [-0.15, -0.1) is 0 Å². The van der Waals surface area contributed by atoms with Crippen molar-refractivity contribution in [2.45, 2.75) is 0 Å². The number of halogens is 1. The minimum absolute atomic E-state index is 0.358. The number of hydrogen-bond donors (Lipinski definition) is 2. The van der Waals surface area contributed by atoms with Crippen LogP contribution in [0.3, 0.4) is 0 Å². The number of amides is 2. The Bertz CT molecular complexity index is 338. The molecule has 68 valence electrons. The number of nitrogens with one attached hydrogen (secondary N) is 1. The fourth-order valence-electron chi connectivity index (χ4n) is 0.757. The normalized spacial score (nSPS) is 10.2. The van der Waals surface area contributed by atoms with Gasteiger partial charge in [-0.3, -0.25) is 0 Å². The van der Waals surface area contributed by atoms with Gasteiger partial charge in [-0.1, -0.05) is 12.1 Å². The van der Waals surface area contributed by atoms with Crippen molar-refractivity contribution in [3.05, 3.63) is 35.6 Å². The van der Waals surface area contributed by atoms with Crippen LogP contribution >= 0.6 is 0 Å². The molecule has 0 atom stereocenters. The van der Waals surface area contributed by atoms with Gasteiger partial charge in [0, 0.05) is 0 Å². The van der Waals surface area contributed by atoms with E-state index in [2.05, 4.69) is 5.10 Å². The SMILES string of the molecule is NC(=O)NN=Cc1cccc(F)c1. The average Bonchev–Trinajstić information content (AvgIpc) is 2.03. The second kappa shape index (κ2) is 4.20. The number of nitrogens with zero attached hydrogens (tertiary/aromatic N) is 1. The fourth-order valence-corrected chi connectivity index (χ4v) is 0.757. The van der Waals surface area contributed by atoms with E-state index in [1.54, 1.807) is 12.1 Å². The smallest absolute Gasteiger partial charge is 0.332 e. The first-order valence-corrected chi connectivity index (χ1v) is 3.52. The van der Waals surface area contributed by atoms with Gasteiger partial charge in [0.1, 0.15) is 5.82 Å². The Hall–Kier alpha value is -1.91. The van der Waals surface area contributed by atoms with Crippen molar-refractivity contribution in [2.24, 2.45) is 10.8 Å². The van der Waals surface area contributed by atoms with E-state index in [1.807, 2.05) is 5.43 Å². The van der Waals surface area contributed by atoms with E-state index in [-0.39, 0.29) is 5.82 Å². The van der Waals surface area contributed by atoms with Gasteiger partial charge in [0.25, 0.3) is 0 Å². The van der Waals surface area contributed by atoms with Gasteiger partial charge in [0.2, 0.25) is 0 Å². The van der Waals surface area contributed by atoms with Crippen molar-refractivity contribution in [1.82, 2.24) is 5.43 Å². The molecule has 0 heterocycles. The minimum atomic E-state index is -0.757. The molecule has 4 nitrogen and oxygen atoms in total. The Morgan fingerprint density at radius 1 is 1.62 bits per heavy atom. The molecule has 1 aromatic rings. The van der Waals surface area contributed by atoms with Gasteiger partial charge in [0.15, 0.2) is 0 Å². The van der Waals surface area contributed by atoms with Crippen LogP contribution < -0.4 is 11.2 Å². The molecule has 0 saturated carbocycles. The van der Waals surface area contributed by atoms with Crippen LogP contribution in [0.15, 0.2) is 29.4 Å². The molecule has 0 radical (unpaired) electrons. The van der Waals surface area contributed by atoms with Crippen molar-refractivity contribution in [3.63, 3.8) is 0 Å². The first kappa shape index (κ1) is 9.18. The zero-order valence-corrected chi connectivity index (χ0v) is 6.70. The standard InChI is InChI=1S/C8H8FN3O/c9-7-3-1-2-6(4-7)5-11-12-8(10)13/h1-5H,(H3,10,12,13). The molecule has 1 rings (SSSR count). The van der Waals surface area contributed by atoms with E-state index < -0.39 is 6.03 Å². The van der Waals surface area contributed by atoms with E-state index >= 15 is 0 Å². The molecule has 0 aliphatic carbocycles. The van der Waals surface area contributed by atoms with Crippen LogP contribution in [0.2, 0.25) is 0 Å². The summed E-state index contributed by atoms with van der Waals surface area (Å²) >= 11 is 0. The summed E-state index contributed by atoms with van der Waals surface area (Å²) < 4.78 is 12.6. The number of rotatable bonds is 2. The molecule has 0 fully saturated rings. The Kier molecular flexibility index (Phi) is 2.97. The largest absolute Gasteiger partial charge is 0.350 e. The summed E-state index contributed by atoms with van der Waals surface area (Å²) in [5, 5.41) is 3.47. The van der Waals surface area contributed by atoms with Crippen molar-refractivity contribution in [2.75, 3.05) is 0 Å². The third-order valence-corrected chi connectivity index (χ3v) is 1.24. The second-order valence-corrected chi connectivity index (χ2v) is 2.29. The number of benzene rings is 1. The van der Waals surface area contributed by atoms with Gasteiger partial charge >= 0.3 is 6.03 Å². The summed E-state index contributed by atoms with van der Waals surface area (Å²) in [7, 11) is 0. The molecular formula is C8H8FN3O. The van der Waals surface area contributed by atoms with Crippen molar-refractivity contribution < 1.29 is 9.18 Å². The molecule has 3 N–H and O–H groups in total. The number of hydrazone groups is 1. The number of primary amides is 1. The van der Waals surface area contributed by atoms with Gasteiger partial charge in [0.05, 0.1) is 6.21 Å². The highest BCUT2D eigenvalue weighted by molar-refractivity contribution is 5.81. The van der Waals surface area contributed by atoms with Crippen molar-refractivity contribution in [3.8, 4) is 0 Å². The Labute approximate surface area is 74.2 Å². The summed E-state index contributed by atoms with van der Waals surface area (Å²) in [4.78, 5) is 10.2. The van der Waals surface area contributed by atoms with E-state index in [1.165, 1.54) is 18.3 Å². The van der Waals surface area contributed by atoms with Crippen LogP contribution in [0.4, 0.5) is 9.18 Å². The summed E-state index contributed by atoms with van der Waals surface area (Å²) in [6, 6.07) is 5.04. The van der Waals surface area contributed by atoms with Crippen molar-refractivity contribution in [1.29, 1.82) is 0 Å². The number of urea groups is 1. The highest BCUT2D eigenvalue weighted by Crippen LogP contribution is 1.99. The lowest BCUT2D eigenvalue weighted by atomic mass is 10.2. The maximum absolute atomic E-state index is 12.6. The molecule has 13 heavy (non-hydrogen) atoms. The third kappa shape index (κ3) is 3.33. The maximum atomic E-state index is 12.6. The predicted octanol–water partition coefficient (Wildman–Crippen LogP) is 0.828. The van der Waals surface area contributed by atoms with E-state index in [0.29, 0.717) is 5.56 Å². The predicted molar refractivity (Wildman–Crippen MR) is 46.7 cm³/mol. The number of hydrogen-bond acceptors (Lipinski definition) is 2. The van der Waals surface area contributed by atoms with Crippen LogP contribution in [-0.2, 0) is 0 Å². The fraction of sp³-hybridized carbons (Fsp3) is 0. The Balaban J connectivity index is 2.63. The van der Waals surface area contributed by atoms with Crippen LogP contribution in [0, 0.1) is 5.82 Å². The molecule has 0 bridgehead atoms. The molecule has 5 heteroatoms. The summed E-state index contributed by atoms with van der Waals surface area (Å²) in [6.07, 6.45) is 1.30. The summed E-state index contributed by atoms with van der Waals surface area (Å²) in [5.41, 5.74) is 7.30. The van der Waals surface area contributed by atoms with Gasteiger partial charge in [-0.05, 0) is 17.7 Å². The van der Waals surface area contributed by atoms with Crippen LogP contribution in [-0.4, -0.2) is 12.2 Å². The zero-order valence-electron chi connectivity index (χ0n) is 6.70. The molecular weight excluding hydrogens is 173 g/mol. The van der Waals surface area contributed by atoms with Crippen LogP contribution in [0.1, 0.15) is 5.56 Å². The number of carbonyl (C=O) groups is 1. The molecule has 0 unspecified atom stereocenters. The Morgan fingerprint density at radius 3 is 3.00 bits per heavy atom. The molecule has 0 aliphatic rings. The molecule has 0 saturated heterocycles. The quantitative estimate of drug-likeness (QED) is 0.515.